The summed E-state index contributed by atoms with van der Waals surface area (Å²) in [5.74, 6) is -1.16. The average molecular weight is 454 g/mol. The van der Waals surface area contributed by atoms with E-state index in [1.54, 1.807) is 0 Å². The second-order valence-corrected chi connectivity index (χ2v) is 11.5. The highest BCUT2D eigenvalue weighted by Gasteiger charge is 2.34. The fourth-order valence-corrected chi connectivity index (χ4v) is 6.32. The number of sulfonamides is 1. The molecule has 2 aliphatic rings. The van der Waals surface area contributed by atoms with E-state index in [0.29, 0.717) is 12.8 Å². The molecule has 28 heavy (non-hydrogen) atoms. The van der Waals surface area contributed by atoms with Gasteiger partial charge < -0.3 is 10.2 Å². The Labute approximate surface area is 168 Å². The van der Waals surface area contributed by atoms with Crippen molar-refractivity contribution >= 4 is 37.5 Å². The quantitative estimate of drug-likeness (QED) is 0.737. The topological polar surface area (TPSA) is 104 Å². The van der Waals surface area contributed by atoms with Crippen LogP contribution in [0.2, 0.25) is 5.02 Å². The second kappa shape index (κ2) is 8.13. The van der Waals surface area contributed by atoms with Crippen molar-refractivity contribution in [3.05, 3.63) is 29.0 Å². The Bertz CT molecular complexity index is 956. The summed E-state index contributed by atoms with van der Waals surface area (Å²) in [6.07, 6.45) is 1.07. The van der Waals surface area contributed by atoms with Crippen molar-refractivity contribution < 1.29 is 26.0 Å². The minimum atomic E-state index is -4.09. The maximum Gasteiger partial charge on any atom is 0.317 e. The number of urea groups is 1. The first-order chi connectivity index (χ1) is 13.1. The van der Waals surface area contributed by atoms with E-state index in [0.717, 1.165) is 10.4 Å². The number of sulfone groups is 1. The van der Waals surface area contributed by atoms with E-state index in [1.165, 1.54) is 17.0 Å². The van der Waals surface area contributed by atoms with Crippen LogP contribution in [0.25, 0.3) is 0 Å². The summed E-state index contributed by atoms with van der Waals surface area (Å²) in [5.41, 5.74) is 0. The van der Waals surface area contributed by atoms with E-state index in [9.17, 15) is 26.0 Å². The first kappa shape index (κ1) is 21.3. The van der Waals surface area contributed by atoms with Gasteiger partial charge >= 0.3 is 6.03 Å². The van der Waals surface area contributed by atoms with Gasteiger partial charge in [0.1, 0.15) is 4.90 Å². The Morgan fingerprint density at radius 2 is 1.89 bits per heavy atom. The van der Waals surface area contributed by atoms with Gasteiger partial charge in [0.15, 0.2) is 15.7 Å². The van der Waals surface area contributed by atoms with Gasteiger partial charge in [0.25, 0.3) is 0 Å². The number of nitrogens with one attached hydrogen (secondary N) is 1. The third-order valence-electron chi connectivity index (χ3n) is 4.88. The third kappa shape index (κ3) is 4.58. The molecule has 0 aromatic heterocycles. The highest BCUT2D eigenvalue weighted by molar-refractivity contribution is 7.91. The number of rotatable bonds is 3. The molecule has 2 amide bonds. The lowest BCUT2D eigenvalue weighted by atomic mass is 10.1. The van der Waals surface area contributed by atoms with E-state index in [2.05, 4.69) is 5.32 Å². The maximum atomic E-state index is 14.2. The van der Waals surface area contributed by atoms with E-state index in [1.807, 2.05) is 0 Å². The van der Waals surface area contributed by atoms with Gasteiger partial charge in [0.2, 0.25) is 10.0 Å². The molecule has 2 saturated heterocycles. The molecule has 0 aliphatic carbocycles. The smallest absolute Gasteiger partial charge is 0.317 e. The Morgan fingerprint density at radius 1 is 1.21 bits per heavy atom. The van der Waals surface area contributed by atoms with Crippen LogP contribution in [0.5, 0.6) is 0 Å². The van der Waals surface area contributed by atoms with Crippen LogP contribution in [-0.4, -0.2) is 75.8 Å². The molecule has 2 aliphatic heterocycles. The molecular formula is C16H21ClFN3O5S2. The van der Waals surface area contributed by atoms with Gasteiger partial charge in [-0.3, -0.25) is 0 Å². The number of carbonyl (C=O) groups excluding carboxylic acids is 1. The van der Waals surface area contributed by atoms with Crippen LogP contribution in [0.4, 0.5) is 9.18 Å². The molecule has 1 aromatic carbocycles. The summed E-state index contributed by atoms with van der Waals surface area (Å²) in [6, 6.07) is 2.93. The maximum absolute atomic E-state index is 14.2. The molecule has 156 valence electrons. The van der Waals surface area contributed by atoms with E-state index in [-0.39, 0.29) is 42.7 Å². The van der Waals surface area contributed by atoms with Crippen molar-refractivity contribution in [2.24, 2.45) is 0 Å². The molecule has 1 aromatic rings. The molecule has 0 radical (unpaired) electrons. The molecule has 3 rings (SSSR count). The van der Waals surface area contributed by atoms with Gasteiger partial charge in [-0.15, -0.1) is 0 Å². The Hall–Kier alpha value is -1.43. The normalized spacial score (nSPS) is 23.4. The van der Waals surface area contributed by atoms with Crippen LogP contribution in [0.3, 0.4) is 0 Å². The van der Waals surface area contributed by atoms with Gasteiger partial charge in [-0.1, -0.05) is 17.7 Å². The lowest BCUT2D eigenvalue weighted by molar-refractivity contribution is 0.190. The van der Waals surface area contributed by atoms with E-state index in [4.69, 9.17) is 11.6 Å². The van der Waals surface area contributed by atoms with E-state index < -0.39 is 42.6 Å². The highest BCUT2D eigenvalue weighted by Crippen LogP contribution is 2.26. The number of carbonyl (C=O) groups is 1. The predicted octanol–water partition coefficient (Wildman–Crippen LogP) is 1.07. The molecule has 1 atom stereocenters. The summed E-state index contributed by atoms with van der Waals surface area (Å²) < 4.78 is 63.9. The van der Waals surface area contributed by atoms with Crippen molar-refractivity contribution in [1.29, 1.82) is 0 Å². The summed E-state index contributed by atoms with van der Waals surface area (Å²) in [4.78, 5) is 13.3. The Morgan fingerprint density at radius 3 is 2.57 bits per heavy atom. The van der Waals surface area contributed by atoms with Gasteiger partial charge in [-0.05, 0) is 25.0 Å². The van der Waals surface area contributed by atoms with Crippen LogP contribution in [0.15, 0.2) is 23.1 Å². The molecule has 8 nitrogen and oxygen atoms in total. The van der Waals surface area contributed by atoms with Gasteiger partial charge in [-0.25, -0.2) is 26.0 Å². The van der Waals surface area contributed by atoms with E-state index >= 15 is 0 Å². The number of halogens is 2. The fourth-order valence-electron chi connectivity index (χ4n) is 3.28. The summed E-state index contributed by atoms with van der Waals surface area (Å²) in [7, 11) is -7.20. The molecule has 2 heterocycles. The molecule has 0 spiro atoms. The number of piperidine rings is 1. The lowest BCUT2D eigenvalue weighted by Gasteiger charge is -2.34. The number of amides is 2. The monoisotopic (exact) mass is 453 g/mol. The Balaban J connectivity index is 1.67. The van der Waals surface area contributed by atoms with Crippen LogP contribution >= 0.6 is 11.6 Å². The number of benzene rings is 1. The molecule has 0 bridgehead atoms. The SMILES string of the molecule is O=C(N[C@H]1CCCN(S(=O)(=O)c2cccc(Cl)c2F)C1)N1CCS(=O)(=O)CC1. The largest absolute Gasteiger partial charge is 0.334 e. The van der Waals surface area contributed by atoms with Gasteiger partial charge in [0.05, 0.1) is 16.5 Å². The first-order valence-corrected chi connectivity index (χ1v) is 12.4. The zero-order valence-electron chi connectivity index (χ0n) is 15.0. The van der Waals surface area contributed by atoms with Gasteiger partial charge in [0, 0.05) is 32.2 Å². The van der Waals surface area contributed by atoms with Crippen molar-refractivity contribution in [3.8, 4) is 0 Å². The Kier molecular flexibility index (Phi) is 6.18. The van der Waals surface area contributed by atoms with Crippen molar-refractivity contribution in [3.63, 3.8) is 0 Å². The molecule has 1 N–H and O–H groups in total. The van der Waals surface area contributed by atoms with Crippen LogP contribution in [0, 0.1) is 5.82 Å². The lowest BCUT2D eigenvalue weighted by Crippen LogP contribution is -2.55. The molecule has 12 heteroatoms. The molecule has 0 unspecified atom stereocenters. The minimum absolute atomic E-state index is 0.00612. The van der Waals surface area contributed by atoms with Crippen LogP contribution < -0.4 is 5.32 Å². The van der Waals surface area contributed by atoms with Crippen molar-refractivity contribution in [2.45, 2.75) is 23.8 Å². The fraction of sp³-hybridized carbons (Fsp3) is 0.562. The average Bonchev–Trinajstić information content (AvgIpc) is 2.64. The minimum Gasteiger partial charge on any atom is -0.334 e. The van der Waals surface area contributed by atoms with Crippen molar-refractivity contribution in [2.75, 3.05) is 37.7 Å². The first-order valence-electron chi connectivity index (χ1n) is 8.80. The van der Waals surface area contributed by atoms with Crippen LogP contribution in [-0.2, 0) is 19.9 Å². The molecule has 0 saturated carbocycles. The summed E-state index contributed by atoms with van der Waals surface area (Å²) >= 11 is 5.70. The highest BCUT2D eigenvalue weighted by atomic mass is 35.5. The number of hydrogen-bond acceptors (Lipinski definition) is 5. The van der Waals surface area contributed by atoms with Gasteiger partial charge in [-0.2, -0.15) is 4.31 Å². The number of hydrogen-bond donors (Lipinski definition) is 1. The summed E-state index contributed by atoms with van der Waals surface area (Å²) in [5, 5.41) is 2.49. The summed E-state index contributed by atoms with van der Waals surface area (Å²) in [6.45, 7) is 0.433. The molecule has 2 fully saturated rings. The molecular weight excluding hydrogens is 433 g/mol. The standard InChI is InChI=1S/C16H21ClFN3O5S2/c17-13-4-1-5-14(15(13)18)28(25,26)21-6-2-3-12(11-21)19-16(22)20-7-9-27(23,24)10-8-20/h1,4-5,12H,2-3,6-11H2,(H,19,22)/t12-/m0/s1. The zero-order valence-corrected chi connectivity index (χ0v) is 17.4. The van der Waals surface area contributed by atoms with Crippen molar-refractivity contribution in [1.82, 2.24) is 14.5 Å². The van der Waals surface area contributed by atoms with Crippen LogP contribution in [0.1, 0.15) is 12.8 Å². The third-order valence-corrected chi connectivity index (χ3v) is 8.66. The zero-order chi connectivity index (χ0) is 20.5. The second-order valence-electron chi connectivity index (χ2n) is 6.84. The predicted molar refractivity (Wildman–Crippen MR) is 102 cm³/mol. The number of nitrogens with zero attached hydrogens (tertiary/aromatic N) is 2.